The minimum atomic E-state index is -4.44. The van der Waals surface area contributed by atoms with Gasteiger partial charge < -0.3 is 5.73 Å². The molecule has 0 spiro atoms. The maximum absolute atomic E-state index is 11.9. The molecule has 0 radical (unpaired) electrons. The van der Waals surface area contributed by atoms with E-state index in [0.29, 0.717) is 6.42 Å². The lowest BCUT2D eigenvalue weighted by molar-refractivity contribution is -0.0926. The van der Waals surface area contributed by atoms with Crippen molar-refractivity contribution in [1.29, 1.82) is 0 Å². The predicted octanol–water partition coefficient (Wildman–Crippen LogP) is 3.30. The summed E-state index contributed by atoms with van der Waals surface area (Å²) in [6, 6.07) is 0. The molecular formula is C10H14F3N. The first-order valence-electron chi connectivity index (χ1n) is 4.28. The Hall–Kier alpha value is -1.19. The molecule has 0 unspecified atom stereocenters. The molecule has 0 bridgehead atoms. The molecule has 0 aliphatic rings. The molecule has 0 aliphatic heterocycles. The second-order valence-electron chi connectivity index (χ2n) is 2.71. The van der Waals surface area contributed by atoms with Crippen LogP contribution < -0.4 is 5.73 Å². The fraction of sp³-hybridized carbons (Fsp3) is 0.400. The Balaban J connectivity index is 4.66. The maximum atomic E-state index is 11.9. The molecule has 0 fully saturated rings. The Morgan fingerprint density at radius 1 is 1.29 bits per heavy atom. The van der Waals surface area contributed by atoms with Gasteiger partial charge in [-0.25, -0.2) is 0 Å². The molecule has 80 valence electrons. The third-order valence-electron chi connectivity index (χ3n) is 1.59. The molecule has 0 amide bonds. The zero-order valence-electron chi connectivity index (χ0n) is 8.23. The highest BCUT2D eigenvalue weighted by atomic mass is 19.4. The number of rotatable bonds is 3. The van der Waals surface area contributed by atoms with Gasteiger partial charge in [-0.1, -0.05) is 25.2 Å². The van der Waals surface area contributed by atoms with E-state index in [1.54, 1.807) is 19.1 Å². The molecule has 0 aliphatic carbocycles. The number of nitrogens with two attached hydrogens (primary N) is 1. The van der Waals surface area contributed by atoms with Gasteiger partial charge in [-0.15, -0.1) is 0 Å². The molecule has 0 saturated carbocycles. The Morgan fingerprint density at radius 2 is 1.86 bits per heavy atom. The van der Waals surface area contributed by atoms with Crippen molar-refractivity contribution < 1.29 is 13.2 Å². The van der Waals surface area contributed by atoms with Crippen molar-refractivity contribution in [2.75, 3.05) is 0 Å². The Bertz CT molecular complexity index is 259. The van der Waals surface area contributed by atoms with Gasteiger partial charge in [-0.05, 0) is 25.0 Å². The van der Waals surface area contributed by atoms with Gasteiger partial charge in [0.05, 0.1) is 0 Å². The summed E-state index contributed by atoms with van der Waals surface area (Å²) in [6.07, 6.45) is 2.02. The van der Waals surface area contributed by atoms with Gasteiger partial charge in [0.25, 0.3) is 0 Å². The third kappa shape index (κ3) is 4.74. The summed E-state index contributed by atoms with van der Waals surface area (Å²) in [5, 5.41) is 0. The van der Waals surface area contributed by atoms with E-state index in [2.05, 4.69) is 0 Å². The molecule has 14 heavy (non-hydrogen) atoms. The smallest absolute Gasteiger partial charge is 0.395 e. The van der Waals surface area contributed by atoms with Crippen LogP contribution in [0.5, 0.6) is 0 Å². The first kappa shape index (κ1) is 12.8. The first-order chi connectivity index (χ1) is 6.41. The van der Waals surface area contributed by atoms with Crippen LogP contribution in [0.3, 0.4) is 0 Å². The summed E-state index contributed by atoms with van der Waals surface area (Å²) >= 11 is 0. The largest absolute Gasteiger partial charge is 0.430 e. The average molecular weight is 205 g/mol. The summed E-state index contributed by atoms with van der Waals surface area (Å²) in [6.45, 7) is 3.67. The van der Waals surface area contributed by atoms with Crippen LogP contribution in [0, 0.1) is 0 Å². The molecule has 0 aromatic rings. The van der Waals surface area contributed by atoms with Gasteiger partial charge >= 0.3 is 6.18 Å². The molecular weight excluding hydrogens is 191 g/mol. The average Bonchev–Trinajstić information content (AvgIpc) is 2.10. The van der Waals surface area contributed by atoms with Crippen LogP contribution in [0.1, 0.15) is 20.3 Å². The second kappa shape index (κ2) is 5.52. The maximum Gasteiger partial charge on any atom is 0.430 e. The molecule has 0 heterocycles. The summed E-state index contributed by atoms with van der Waals surface area (Å²) in [7, 11) is 0. The molecule has 0 aromatic heterocycles. The Morgan fingerprint density at radius 3 is 2.21 bits per heavy atom. The van der Waals surface area contributed by atoms with E-state index in [0.717, 1.165) is 11.6 Å². The molecule has 2 N–H and O–H groups in total. The zero-order valence-corrected chi connectivity index (χ0v) is 8.23. The fourth-order valence-electron chi connectivity index (χ4n) is 0.797. The predicted molar refractivity (Wildman–Crippen MR) is 51.5 cm³/mol. The van der Waals surface area contributed by atoms with E-state index in [4.69, 9.17) is 5.73 Å². The number of hydrogen-bond donors (Lipinski definition) is 1. The molecule has 4 heteroatoms. The van der Waals surface area contributed by atoms with Crippen LogP contribution in [0.4, 0.5) is 13.2 Å². The summed E-state index contributed by atoms with van der Waals surface area (Å²) in [4.78, 5) is 0. The summed E-state index contributed by atoms with van der Waals surface area (Å²) < 4.78 is 35.8. The van der Waals surface area contributed by atoms with Crippen LogP contribution in [0.15, 0.2) is 35.6 Å². The molecule has 0 atom stereocenters. The van der Waals surface area contributed by atoms with Crippen molar-refractivity contribution in [3.8, 4) is 0 Å². The van der Waals surface area contributed by atoms with E-state index >= 15 is 0 Å². The van der Waals surface area contributed by atoms with E-state index < -0.39 is 11.9 Å². The van der Waals surface area contributed by atoms with Crippen LogP contribution in [-0.2, 0) is 0 Å². The van der Waals surface area contributed by atoms with Gasteiger partial charge in [0, 0.05) is 0 Å². The highest BCUT2D eigenvalue weighted by Gasteiger charge is 2.30. The number of allylic oxidation sites excluding steroid dienone is 6. The van der Waals surface area contributed by atoms with Gasteiger partial charge in [0.1, 0.15) is 5.70 Å². The van der Waals surface area contributed by atoms with Crippen LogP contribution in [0.2, 0.25) is 0 Å². The second-order valence-corrected chi connectivity index (χ2v) is 2.71. The molecule has 0 rings (SSSR count). The van der Waals surface area contributed by atoms with E-state index in [1.807, 2.05) is 6.92 Å². The van der Waals surface area contributed by atoms with Gasteiger partial charge in [0.15, 0.2) is 0 Å². The SMILES string of the molecule is C\C=C/C(=C\C=C(/N)C(F)(F)F)CC. The van der Waals surface area contributed by atoms with Crippen LogP contribution >= 0.6 is 0 Å². The van der Waals surface area contributed by atoms with Crippen molar-refractivity contribution >= 4 is 0 Å². The summed E-state index contributed by atoms with van der Waals surface area (Å²) in [5.41, 5.74) is 4.55. The van der Waals surface area contributed by atoms with Crippen molar-refractivity contribution in [2.45, 2.75) is 26.4 Å². The monoisotopic (exact) mass is 205 g/mol. The molecule has 1 nitrogen and oxygen atoms in total. The standard InChI is InChI=1S/C10H14F3N/c1-3-5-8(4-2)6-7-9(14)10(11,12)13/h3,5-7H,4,14H2,1-2H3/b5-3-,8-6-,9-7-. The lowest BCUT2D eigenvalue weighted by atomic mass is 10.1. The topological polar surface area (TPSA) is 26.0 Å². The van der Waals surface area contributed by atoms with E-state index in [9.17, 15) is 13.2 Å². The Labute approximate surface area is 81.8 Å². The minimum absolute atomic E-state index is 0.673. The lowest BCUT2D eigenvalue weighted by Crippen LogP contribution is -2.18. The van der Waals surface area contributed by atoms with Crippen LogP contribution in [0.25, 0.3) is 0 Å². The molecule has 0 aromatic carbocycles. The highest BCUT2D eigenvalue weighted by molar-refractivity contribution is 5.25. The van der Waals surface area contributed by atoms with Crippen molar-refractivity contribution in [2.24, 2.45) is 5.73 Å². The first-order valence-corrected chi connectivity index (χ1v) is 4.28. The zero-order chi connectivity index (χ0) is 11.2. The van der Waals surface area contributed by atoms with Crippen molar-refractivity contribution in [1.82, 2.24) is 0 Å². The van der Waals surface area contributed by atoms with Crippen LogP contribution in [-0.4, -0.2) is 6.18 Å². The van der Waals surface area contributed by atoms with E-state index in [-0.39, 0.29) is 0 Å². The number of halogens is 3. The van der Waals surface area contributed by atoms with E-state index in [1.165, 1.54) is 6.08 Å². The lowest BCUT2D eigenvalue weighted by Gasteiger charge is -2.04. The Kier molecular flexibility index (Phi) is 5.05. The normalized spacial score (nSPS) is 15.2. The summed E-state index contributed by atoms with van der Waals surface area (Å²) in [5.74, 6) is 0. The highest BCUT2D eigenvalue weighted by Crippen LogP contribution is 2.21. The minimum Gasteiger partial charge on any atom is -0.395 e. The fourth-order valence-corrected chi connectivity index (χ4v) is 0.797. The van der Waals surface area contributed by atoms with Crippen molar-refractivity contribution in [3.05, 3.63) is 35.6 Å². The van der Waals surface area contributed by atoms with Crippen molar-refractivity contribution in [3.63, 3.8) is 0 Å². The third-order valence-corrected chi connectivity index (χ3v) is 1.59. The van der Waals surface area contributed by atoms with Gasteiger partial charge in [-0.3, -0.25) is 0 Å². The van der Waals surface area contributed by atoms with Gasteiger partial charge in [-0.2, -0.15) is 13.2 Å². The number of hydrogen-bond acceptors (Lipinski definition) is 1. The van der Waals surface area contributed by atoms with Gasteiger partial charge in [0.2, 0.25) is 0 Å². The quantitative estimate of drug-likeness (QED) is 0.703. The molecule has 0 saturated heterocycles. The number of alkyl halides is 3.